The van der Waals surface area contributed by atoms with Crippen molar-refractivity contribution in [2.75, 3.05) is 31.6 Å². The fraction of sp³-hybridized carbons (Fsp3) is 0.348. The van der Waals surface area contributed by atoms with Crippen molar-refractivity contribution < 1.29 is 35.9 Å². The minimum absolute atomic E-state index is 0.0936. The molecule has 9 nitrogen and oxygen atoms in total. The fourth-order valence-corrected chi connectivity index (χ4v) is 3.60. The number of hydrogen-bond acceptors (Lipinski definition) is 8. The van der Waals surface area contributed by atoms with Crippen molar-refractivity contribution in [2.24, 2.45) is 0 Å². The van der Waals surface area contributed by atoms with E-state index in [-0.39, 0.29) is 12.1 Å². The summed E-state index contributed by atoms with van der Waals surface area (Å²) in [6, 6.07) is 5.40. The molecule has 0 fully saturated rings. The Morgan fingerprint density at radius 1 is 1.00 bits per heavy atom. The molecule has 0 spiro atoms. The Balaban J connectivity index is 1.12. The van der Waals surface area contributed by atoms with E-state index in [1.165, 1.54) is 6.39 Å². The van der Waals surface area contributed by atoms with Crippen molar-refractivity contribution in [3.8, 4) is 17.1 Å². The maximum absolute atomic E-state index is 13.7. The maximum atomic E-state index is 13.7. The van der Waals surface area contributed by atoms with Crippen molar-refractivity contribution in [2.45, 2.75) is 25.7 Å². The van der Waals surface area contributed by atoms with Gasteiger partial charge in [-0.05, 0) is 49.2 Å². The lowest BCUT2D eigenvalue weighted by Crippen LogP contribution is -2.20. The van der Waals surface area contributed by atoms with Crippen LogP contribution in [0.2, 0.25) is 0 Å². The zero-order chi connectivity index (χ0) is 26.3. The minimum atomic E-state index is -5.17. The van der Waals surface area contributed by atoms with Gasteiger partial charge in [-0.2, -0.15) is 10.1 Å². The summed E-state index contributed by atoms with van der Waals surface area (Å²) in [7, 11) is 0. The Kier molecular flexibility index (Phi) is 8.50. The van der Waals surface area contributed by atoms with Gasteiger partial charge in [0.15, 0.2) is 11.6 Å². The second-order valence-electron chi connectivity index (χ2n) is 7.97. The number of aromatic nitrogens is 4. The largest absolute Gasteiger partial charge is 0.573 e. The molecule has 37 heavy (non-hydrogen) atoms. The van der Waals surface area contributed by atoms with E-state index >= 15 is 0 Å². The van der Waals surface area contributed by atoms with Crippen LogP contribution in [0.1, 0.15) is 18.4 Å². The number of hydrogen-bond donors (Lipinski definition) is 3. The molecule has 0 unspecified atom stereocenters. The first-order chi connectivity index (χ1) is 17.8. The number of aromatic amines is 1. The Hall–Kier alpha value is -3.78. The number of fused-ring (bicyclic) bond motifs is 1. The summed E-state index contributed by atoms with van der Waals surface area (Å²) < 4.78 is 78.0. The number of ether oxygens (including phenoxy) is 2. The highest BCUT2D eigenvalue weighted by molar-refractivity contribution is 5.94. The van der Waals surface area contributed by atoms with Gasteiger partial charge in [0, 0.05) is 36.3 Å². The molecule has 0 aliphatic rings. The van der Waals surface area contributed by atoms with Gasteiger partial charge in [-0.25, -0.2) is 8.78 Å². The highest BCUT2D eigenvalue weighted by atomic mass is 19.4. The first kappa shape index (κ1) is 26.3. The van der Waals surface area contributed by atoms with Crippen LogP contribution in [0.25, 0.3) is 22.3 Å². The average molecular weight is 526 g/mol. The summed E-state index contributed by atoms with van der Waals surface area (Å²) in [5.41, 5.74) is 2.62. The van der Waals surface area contributed by atoms with Gasteiger partial charge >= 0.3 is 6.36 Å². The third kappa shape index (κ3) is 7.36. The summed E-state index contributed by atoms with van der Waals surface area (Å²) in [5.74, 6) is -3.82. The van der Waals surface area contributed by atoms with Gasteiger partial charge in [-0.1, -0.05) is 5.16 Å². The molecule has 0 saturated carbocycles. The molecule has 0 amide bonds. The molecule has 14 heteroatoms. The van der Waals surface area contributed by atoms with Crippen molar-refractivity contribution in [1.82, 2.24) is 25.7 Å². The van der Waals surface area contributed by atoms with E-state index in [0.717, 1.165) is 47.1 Å². The molecular weight excluding hydrogens is 503 g/mol. The molecule has 198 valence electrons. The lowest BCUT2D eigenvalue weighted by molar-refractivity contribution is -0.276. The van der Waals surface area contributed by atoms with Crippen LogP contribution in [0.15, 0.2) is 41.4 Å². The zero-order valence-corrected chi connectivity index (χ0v) is 19.4. The van der Waals surface area contributed by atoms with E-state index in [0.29, 0.717) is 32.1 Å². The van der Waals surface area contributed by atoms with Crippen molar-refractivity contribution in [1.29, 1.82) is 0 Å². The third-order valence-electron chi connectivity index (χ3n) is 5.24. The molecule has 0 atom stereocenters. The maximum Gasteiger partial charge on any atom is 0.573 e. The second-order valence-corrected chi connectivity index (χ2v) is 7.97. The molecule has 4 rings (SSSR count). The van der Waals surface area contributed by atoms with Crippen LogP contribution in [-0.4, -0.2) is 53.0 Å². The molecule has 3 N–H and O–H groups in total. The van der Waals surface area contributed by atoms with E-state index in [2.05, 4.69) is 35.7 Å². The second kappa shape index (κ2) is 12.0. The number of benzene rings is 2. The van der Waals surface area contributed by atoms with Gasteiger partial charge in [0.05, 0.1) is 18.3 Å². The minimum Gasteiger partial charge on any atom is -0.399 e. The summed E-state index contributed by atoms with van der Waals surface area (Å²) >= 11 is 0. The van der Waals surface area contributed by atoms with Gasteiger partial charge in [-0.3, -0.25) is 5.10 Å². The number of unbranched alkanes of at least 4 members (excludes halogenated alkanes) is 1. The number of H-pyrrole nitrogens is 1. The van der Waals surface area contributed by atoms with Gasteiger partial charge in [-0.15, -0.1) is 13.2 Å². The summed E-state index contributed by atoms with van der Waals surface area (Å²) in [6.07, 6.45) is -0.716. The lowest BCUT2D eigenvalue weighted by Gasteiger charge is -2.12. The molecular formula is C23H23F5N6O3. The topological polar surface area (TPSA) is 110 Å². The van der Waals surface area contributed by atoms with E-state index in [1.807, 2.05) is 12.1 Å². The molecule has 2 aromatic carbocycles. The van der Waals surface area contributed by atoms with Crippen molar-refractivity contribution in [3.63, 3.8) is 0 Å². The third-order valence-corrected chi connectivity index (χ3v) is 5.24. The van der Waals surface area contributed by atoms with Crippen LogP contribution in [0, 0.1) is 11.6 Å². The predicted octanol–water partition coefficient (Wildman–Crippen LogP) is 4.79. The normalized spacial score (nSPS) is 11.8. The highest BCUT2D eigenvalue weighted by Gasteiger charge is 2.34. The van der Waals surface area contributed by atoms with Crippen LogP contribution >= 0.6 is 0 Å². The van der Waals surface area contributed by atoms with Crippen LogP contribution in [0.3, 0.4) is 0 Å². The standard InChI is InChI=1S/C23H23F5N6O3/c24-17-7-14(8-18(25)21(17)37-23(26,27)28)11-29-3-1-2-5-35-6-4-30-19-9-15(22-31-13-36-34-22)10-20-16(19)12-32-33-20/h7-10,12-13,29-30H,1-6,11H2,(H,32,33). The van der Waals surface area contributed by atoms with E-state index < -0.39 is 23.7 Å². The Morgan fingerprint density at radius 3 is 2.54 bits per heavy atom. The van der Waals surface area contributed by atoms with Crippen LogP contribution in [-0.2, 0) is 11.3 Å². The first-order valence-corrected chi connectivity index (χ1v) is 11.3. The van der Waals surface area contributed by atoms with Crippen molar-refractivity contribution >= 4 is 16.6 Å². The van der Waals surface area contributed by atoms with Gasteiger partial charge in [0.25, 0.3) is 0 Å². The van der Waals surface area contributed by atoms with Crippen LogP contribution in [0.4, 0.5) is 27.6 Å². The van der Waals surface area contributed by atoms with Crippen LogP contribution in [0.5, 0.6) is 5.75 Å². The van der Waals surface area contributed by atoms with Gasteiger partial charge in [0.1, 0.15) is 0 Å². The number of nitrogens with zero attached hydrogens (tertiary/aromatic N) is 3. The predicted molar refractivity (Wildman–Crippen MR) is 123 cm³/mol. The summed E-state index contributed by atoms with van der Waals surface area (Å²) in [6.45, 7) is 2.16. The van der Waals surface area contributed by atoms with Crippen molar-refractivity contribution in [3.05, 3.63) is 54.1 Å². The Labute approximate surface area is 207 Å². The monoisotopic (exact) mass is 526 g/mol. The molecule has 0 saturated heterocycles. The zero-order valence-electron chi connectivity index (χ0n) is 19.4. The van der Waals surface area contributed by atoms with Gasteiger partial charge in [0.2, 0.25) is 18.0 Å². The number of nitrogens with one attached hydrogen (secondary N) is 3. The molecule has 2 aromatic heterocycles. The SMILES string of the molecule is Fc1cc(CNCCCCOCCNc2cc(-c3ncon3)cc3[nH]ncc23)cc(F)c1OC(F)(F)F. The smallest absolute Gasteiger partial charge is 0.399 e. The molecule has 4 aromatic rings. The Morgan fingerprint density at radius 2 is 1.81 bits per heavy atom. The first-order valence-electron chi connectivity index (χ1n) is 11.3. The number of anilines is 1. The van der Waals surface area contributed by atoms with E-state index in [4.69, 9.17) is 9.26 Å². The lowest BCUT2D eigenvalue weighted by atomic mass is 10.1. The number of rotatable bonds is 13. The average Bonchev–Trinajstić information content (AvgIpc) is 3.54. The molecule has 0 aliphatic heterocycles. The molecule has 2 heterocycles. The number of alkyl halides is 3. The molecule has 0 radical (unpaired) electrons. The van der Waals surface area contributed by atoms with E-state index in [1.54, 1.807) is 6.20 Å². The quantitative estimate of drug-likeness (QED) is 0.169. The fourth-order valence-electron chi connectivity index (χ4n) is 3.60. The number of halogens is 5. The highest BCUT2D eigenvalue weighted by Crippen LogP contribution is 2.30. The van der Waals surface area contributed by atoms with E-state index in [9.17, 15) is 22.0 Å². The Bertz CT molecular complexity index is 1270. The summed E-state index contributed by atoms with van der Waals surface area (Å²) in [4.78, 5) is 4.06. The molecule has 0 aliphatic carbocycles. The van der Waals surface area contributed by atoms with Crippen LogP contribution < -0.4 is 15.4 Å². The van der Waals surface area contributed by atoms with Gasteiger partial charge < -0.3 is 24.6 Å². The summed E-state index contributed by atoms with van der Waals surface area (Å²) in [5, 5.41) is 18.1. The molecule has 0 bridgehead atoms.